The summed E-state index contributed by atoms with van der Waals surface area (Å²) in [5, 5.41) is 31.5. The third-order valence-electron chi connectivity index (χ3n) is 3.80. The molecule has 2 aromatic rings. The molecule has 0 spiro atoms. The molecule has 0 fully saturated rings. The van der Waals surface area contributed by atoms with Crippen LogP contribution in [-0.4, -0.2) is 39.5 Å². The van der Waals surface area contributed by atoms with Gasteiger partial charge in [-0.2, -0.15) is 0 Å². The summed E-state index contributed by atoms with van der Waals surface area (Å²) in [6, 6.07) is 10.0. The van der Waals surface area contributed by atoms with Gasteiger partial charge in [-0.1, -0.05) is 37.8 Å². The van der Waals surface area contributed by atoms with Crippen molar-refractivity contribution in [2.24, 2.45) is 11.5 Å². The van der Waals surface area contributed by atoms with E-state index in [0.717, 1.165) is 24.8 Å². The van der Waals surface area contributed by atoms with Crippen LogP contribution in [-0.2, 0) is 17.8 Å². The Morgan fingerprint density at radius 1 is 1.06 bits per heavy atom. The largest absolute Gasteiger partial charge is 0.516 e. The number of aryl methyl sites for hydroxylation is 1. The first-order valence-electron chi connectivity index (χ1n) is 9.82. The molecule has 0 aliphatic carbocycles. The van der Waals surface area contributed by atoms with Crippen molar-refractivity contribution in [3.8, 4) is 5.75 Å². The van der Waals surface area contributed by atoms with E-state index in [1.807, 2.05) is 0 Å². The molecule has 2 rings (SSSR count). The van der Waals surface area contributed by atoms with Gasteiger partial charge in [0, 0.05) is 36.6 Å². The van der Waals surface area contributed by atoms with Crippen LogP contribution < -0.4 is 11.5 Å². The lowest BCUT2D eigenvalue weighted by atomic mass is 9.95. The lowest BCUT2D eigenvalue weighted by molar-refractivity contribution is -0.108. The Hall–Kier alpha value is -2.85. The third-order valence-corrected chi connectivity index (χ3v) is 3.80. The van der Waals surface area contributed by atoms with Gasteiger partial charge in [-0.05, 0) is 31.0 Å². The van der Waals surface area contributed by atoms with Gasteiger partial charge in [0.2, 0.25) is 0 Å². The number of benzene rings is 2. The number of carbonyl (C=O) groups is 1. The molecule has 0 saturated carbocycles. The van der Waals surface area contributed by atoms with Gasteiger partial charge in [-0.15, -0.1) is 0 Å². The number of hydrogen-bond donors (Lipinski definition) is 6. The van der Waals surface area contributed by atoms with Crippen molar-refractivity contribution < 1.29 is 34.0 Å². The smallest absolute Gasteiger partial charge is 0.148 e. The molecular formula is C23H34F2N2O5. The molecule has 9 heteroatoms. The quantitative estimate of drug-likeness (QED) is 0.222. The topological polar surface area (TPSA) is 150 Å². The zero-order chi connectivity index (χ0) is 25.1. The van der Waals surface area contributed by atoms with E-state index < -0.39 is 29.6 Å². The first-order chi connectivity index (χ1) is 15.1. The molecule has 0 amide bonds. The Balaban J connectivity index is 0. The Bertz CT molecular complexity index is 723. The molecule has 7 nitrogen and oxygen atoms in total. The summed E-state index contributed by atoms with van der Waals surface area (Å²) < 4.78 is 26.6. The first kappa shape index (κ1) is 31.3. The Labute approximate surface area is 187 Å². The molecule has 1 unspecified atom stereocenters. The number of aliphatic hydroxyl groups excluding tert-OH is 2. The maximum absolute atomic E-state index is 13.3. The number of nitrogens with two attached hydrogens (primary N) is 2. The number of halogens is 2. The van der Waals surface area contributed by atoms with Crippen molar-refractivity contribution in [3.05, 3.63) is 77.6 Å². The molecule has 0 radical (unpaired) electrons. The molecule has 0 aliphatic rings. The lowest BCUT2D eigenvalue weighted by Crippen LogP contribution is -2.16. The number of rotatable bonds is 6. The zero-order valence-electron chi connectivity index (χ0n) is 18.4. The molecule has 0 saturated heterocycles. The molecule has 0 heterocycles. The number of phenolic OH excluding ortho intramolecular Hbond substituents is 1. The van der Waals surface area contributed by atoms with E-state index in [0.29, 0.717) is 12.8 Å². The standard InChI is InChI=1S/C10H11F2NO2.C9H13N.C2H6O2.C2H4O/c11-8-3-7(15)4-9(12)10(8)6(5-13)1-2-14;1-2-8-3-5-9(7-10)6-4-8;1-2(3)4;1-2-3/h2-4,6,15H,1,5,13H2;3-6H,2,7,10H2,1H3;2-4H,1H3;2-3H,1H2. The second-order valence-electron chi connectivity index (χ2n) is 6.35. The minimum Gasteiger partial charge on any atom is -0.516 e. The van der Waals surface area contributed by atoms with Crippen LogP contribution in [0.15, 0.2) is 49.2 Å². The predicted octanol–water partition coefficient (Wildman–Crippen LogP) is 3.01. The Morgan fingerprint density at radius 3 is 1.78 bits per heavy atom. The van der Waals surface area contributed by atoms with Gasteiger partial charge >= 0.3 is 0 Å². The third kappa shape index (κ3) is 14.2. The molecule has 0 aliphatic heterocycles. The summed E-state index contributed by atoms with van der Waals surface area (Å²) in [5.74, 6) is -2.95. The number of aromatic hydroxyl groups is 1. The number of aliphatic hydroxyl groups is 3. The Kier molecular flexibility index (Phi) is 18.5. The molecule has 1 atom stereocenters. The summed E-state index contributed by atoms with van der Waals surface area (Å²) in [6.07, 6.45) is 1.20. The normalized spacial score (nSPS) is 10.4. The predicted molar refractivity (Wildman–Crippen MR) is 121 cm³/mol. The maximum atomic E-state index is 13.3. The van der Waals surface area contributed by atoms with Gasteiger partial charge in [0.05, 0.1) is 6.26 Å². The van der Waals surface area contributed by atoms with Crippen molar-refractivity contribution >= 4 is 6.29 Å². The molecule has 8 N–H and O–H groups in total. The van der Waals surface area contributed by atoms with Gasteiger partial charge in [-0.25, -0.2) is 8.78 Å². The lowest BCUT2D eigenvalue weighted by Gasteiger charge is -2.14. The molecular weight excluding hydrogens is 422 g/mol. The van der Waals surface area contributed by atoms with Crippen molar-refractivity contribution in [1.82, 2.24) is 0 Å². The SMILES string of the molecule is C=CO.CC(O)O.CCc1ccc(CN)cc1.NCC(CC=O)c1c(F)cc(O)cc1F. The number of hydrogen-bond acceptors (Lipinski definition) is 7. The van der Waals surface area contributed by atoms with Crippen LogP contribution in [0.3, 0.4) is 0 Å². The summed E-state index contributed by atoms with van der Waals surface area (Å²) in [5.41, 5.74) is 13.1. The van der Waals surface area contributed by atoms with Crippen molar-refractivity contribution in [3.63, 3.8) is 0 Å². The first-order valence-corrected chi connectivity index (χ1v) is 9.82. The van der Waals surface area contributed by atoms with Crippen molar-refractivity contribution in [2.45, 2.75) is 45.4 Å². The van der Waals surface area contributed by atoms with Crippen LogP contribution in [0.4, 0.5) is 8.78 Å². The Morgan fingerprint density at radius 2 is 1.47 bits per heavy atom. The minimum atomic E-state index is -1.17. The van der Waals surface area contributed by atoms with Crippen LogP contribution in [0.5, 0.6) is 5.75 Å². The van der Waals surface area contributed by atoms with Gasteiger partial charge in [0.25, 0.3) is 0 Å². The van der Waals surface area contributed by atoms with E-state index in [1.54, 1.807) is 0 Å². The second-order valence-corrected chi connectivity index (χ2v) is 6.35. The summed E-state index contributed by atoms with van der Waals surface area (Å²) in [6.45, 7) is 6.96. The summed E-state index contributed by atoms with van der Waals surface area (Å²) >= 11 is 0. The van der Waals surface area contributed by atoms with E-state index in [-0.39, 0.29) is 18.5 Å². The van der Waals surface area contributed by atoms with Crippen LogP contribution in [0.25, 0.3) is 0 Å². The number of phenols is 1. The highest BCUT2D eigenvalue weighted by Crippen LogP contribution is 2.27. The molecule has 2 aromatic carbocycles. The van der Waals surface area contributed by atoms with Crippen LogP contribution in [0.2, 0.25) is 0 Å². The summed E-state index contributed by atoms with van der Waals surface area (Å²) in [7, 11) is 0. The monoisotopic (exact) mass is 456 g/mol. The molecule has 0 aromatic heterocycles. The number of aldehydes is 1. The molecule has 0 bridgehead atoms. The average Bonchev–Trinajstić information content (AvgIpc) is 2.73. The van der Waals surface area contributed by atoms with E-state index in [9.17, 15) is 13.6 Å². The summed E-state index contributed by atoms with van der Waals surface area (Å²) in [4.78, 5) is 10.3. The average molecular weight is 457 g/mol. The van der Waals surface area contributed by atoms with Gasteiger partial charge in [0.1, 0.15) is 30.0 Å². The van der Waals surface area contributed by atoms with Crippen molar-refractivity contribution in [2.75, 3.05) is 6.54 Å². The minimum absolute atomic E-state index is 0.0304. The fourth-order valence-corrected chi connectivity index (χ4v) is 2.32. The van der Waals surface area contributed by atoms with Crippen LogP contribution >= 0.6 is 0 Å². The highest BCUT2D eigenvalue weighted by Gasteiger charge is 2.19. The maximum Gasteiger partial charge on any atom is 0.148 e. The van der Waals surface area contributed by atoms with Gasteiger partial charge < -0.3 is 36.7 Å². The highest BCUT2D eigenvalue weighted by atomic mass is 19.1. The fraction of sp³-hybridized carbons (Fsp3) is 0.348. The van der Waals surface area contributed by atoms with Crippen molar-refractivity contribution in [1.29, 1.82) is 0 Å². The van der Waals surface area contributed by atoms with Crippen LogP contribution in [0.1, 0.15) is 42.9 Å². The molecule has 32 heavy (non-hydrogen) atoms. The van der Waals surface area contributed by atoms with E-state index in [1.165, 1.54) is 18.1 Å². The zero-order valence-corrected chi connectivity index (χ0v) is 18.4. The molecule has 180 valence electrons. The van der Waals surface area contributed by atoms with Gasteiger partial charge in [-0.3, -0.25) is 0 Å². The highest BCUT2D eigenvalue weighted by molar-refractivity contribution is 5.52. The number of carbonyl (C=O) groups excluding carboxylic acids is 1. The van der Waals surface area contributed by atoms with Crippen LogP contribution in [0, 0.1) is 11.6 Å². The second kappa shape index (κ2) is 18.9. The van der Waals surface area contributed by atoms with E-state index >= 15 is 0 Å². The van der Waals surface area contributed by atoms with E-state index in [2.05, 4.69) is 37.8 Å². The van der Waals surface area contributed by atoms with E-state index in [4.69, 9.17) is 31.9 Å². The van der Waals surface area contributed by atoms with Gasteiger partial charge in [0.15, 0.2) is 0 Å². The fourth-order valence-electron chi connectivity index (χ4n) is 2.32.